The summed E-state index contributed by atoms with van der Waals surface area (Å²) in [6.45, 7) is 11.1. The summed E-state index contributed by atoms with van der Waals surface area (Å²) in [4.78, 5) is 41.0. The summed E-state index contributed by atoms with van der Waals surface area (Å²) in [5.74, 6) is -0.341. The molecule has 2 N–H and O–H groups in total. The quantitative estimate of drug-likeness (QED) is 0.558. The second-order valence-electron chi connectivity index (χ2n) is 10.2. The van der Waals surface area contributed by atoms with E-state index in [-0.39, 0.29) is 30.3 Å². The van der Waals surface area contributed by atoms with Gasteiger partial charge in [-0.3, -0.25) is 9.59 Å². The van der Waals surface area contributed by atoms with E-state index in [9.17, 15) is 14.4 Å². The molecule has 35 heavy (non-hydrogen) atoms. The molecule has 7 heteroatoms. The maximum atomic E-state index is 13.7. The van der Waals surface area contributed by atoms with Gasteiger partial charge in [0.2, 0.25) is 5.91 Å². The maximum absolute atomic E-state index is 13.7. The Bertz CT molecular complexity index is 1060. The van der Waals surface area contributed by atoms with Crippen molar-refractivity contribution < 1.29 is 19.1 Å². The number of nitrogens with zero attached hydrogens (tertiary/aromatic N) is 1. The summed E-state index contributed by atoms with van der Waals surface area (Å²) in [7, 11) is 0. The molecule has 1 saturated carbocycles. The van der Waals surface area contributed by atoms with Crippen LogP contribution in [-0.2, 0) is 20.7 Å². The fourth-order valence-corrected chi connectivity index (χ4v) is 4.05. The van der Waals surface area contributed by atoms with Crippen LogP contribution < -0.4 is 10.6 Å². The molecule has 0 saturated heterocycles. The number of rotatable bonds is 8. The zero-order valence-electron chi connectivity index (χ0n) is 21.6. The van der Waals surface area contributed by atoms with Crippen LogP contribution in [0.1, 0.15) is 63.8 Å². The normalized spacial score (nSPS) is 17.8. The van der Waals surface area contributed by atoms with Crippen LogP contribution in [-0.4, -0.2) is 41.0 Å². The van der Waals surface area contributed by atoms with Gasteiger partial charge in [-0.2, -0.15) is 0 Å². The fourth-order valence-electron chi connectivity index (χ4n) is 4.05. The molecule has 7 nitrogen and oxygen atoms in total. The lowest BCUT2D eigenvalue weighted by Gasteiger charge is -2.32. The Kier molecular flexibility index (Phi) is 8.20. The molecule has 3 unspecified atom stereocenters. The van der Waals surface area contributed by atoms with E-state index in [4.69, 9.17) is 4.74 Å². The van der Waals surface area contributed by atoms with Gasteiger partial charge in [-0.15, -0.1) is 0 Å². The SMILES string of the molecule is CCc1ccc(C(C(=O)Nc2ccccc2C)N(C(=O)CNC(=O)OC(C)(C)C)C2CC2C)cc1. The first-order valence-electron chi connectivity index (χ1n) is 12.2. The predicted octanol–water partition coefficient (Wildman–Crippen LogP) is 5.00. The molecule has 3 amide bonds. The van der Waals surface area contributed by atoms with Crippen molar-refractivity contribution in [2.45, 2.75) is 72.1 Å². The Morgan fingerprint density at radius 2 is 1.71 bits per heavy atom. The third-order valence-electron chi connectivity index (χ3n) is 6.13. The van der Waals surface area contributed by atoms with E-state index in [0.717, 1.165) is 29.5 Å². The van der Waals surface area contributed by atoms with Crippen LogP contribution in [0.2, 0.25) is 0 Å². The van der Waals surface area contributed by atoms with Crippen molar-refractivity contribution in [2.75, 3.05) is 11.9 Å². The van der Waals surface area contributed by atoms with E-state index < -0.39 is 17.7 Å². The number of alkyl carbamates (subject to hydrolysis) is 1. The van der Waals surface area contributed by atoms with E-state index in [2.05, 4.69) is 24.5 Å². The first-order chi connectivity index (χ1) is 16.5. The lowest BCUT2D eigenvalue weighted by Crippen LogP contribution is -2.48. The monoisotopic (exact) mass is 479 g/mol. The number of carbonyl (C=O) groups is 3. The first kappa shape index (κ1) is 26.3. The van der Waals surface area contributed by atoms with Crippen molar-refractivity contribution in [3.8, 4) is 0 Å². The zero-order valence-corrected chi connectivity index (χ0v) is 21.6. The number of anilines is 1. The highest BCUT2D eigenvalue weighted by molar-refractivity contribution is 5.99. The Morgan fingerprint density at radius 1 is 1.09 bits per heavy atom. The molecule has 1 aliphatic rings. The standard InChI is InChI=1S/C28H37N3O4/c1-7-20-12-14-21(15-13-20)25(26(33)30-22-11-9-8-10-18(22)2)31(23-16-19(23)3)24(32)17-29-27(34)35-28(4,5)6/h8-15,19,23,25H,7,16-17H2,1-6H3,(H,29,34)(H,30,33). The van der Waals surface area contributed by atoms with Gasteiger partial charge in [-0.05, 0) is 69.2 Å². The van der Waals surface area contributed by atoms with Gasteiger partial charge in [0.25, 0.3) is 5.91 Å². The Balaban J connectivity index is 1.90. The number of para-hydroxylation sites is 1. The number of ether oxygens (including phenoxy) is 1. The Morgan fingerprint density at radius 3 is 2.26 bits per heavy atom. The fraction of sp³-hybridized carbons (Fsp3) is 0.464. The van der Waals surface area contributed by atoms with Crippen LogP contribution in [0, 0.1) is 12.8 Å². The second-order valence-corrected chi connectivity index (χ2v) is 10.2. The summed E-state index contributed by atoms with van der Waals surface area (Å²) in [5, 5.41) is 5.58. The average molecular weight is 480 g/mol. The predicted molar refractivity (Wildman–Crippen MR) is 137 cm³/mol. The topological polar surface area (TPSA) is 87.7 Å². The third-order valence-corrected chi connectivity index (χ3v) is 6.13. The van der Waals surface area contributed by atoms with Crippen molar-refractivity contribution in [1.82, 2.24) is 10.2 Å². The third kappa shape index (κ3) is 7.07. The highest BCUT2D eigenvalue weighted by Gasteiger charge is 2.46. The highest BCUT2D eigenvalue weighted by Crippen LogP contribution is 2.40. The summed E-state index contributed by atoms with van der Waals surface area (Å²) in [6, 6.07) is 14.4. The van der Waals surface area contributed by atoms with Gasteiger partial charge < -0.3 is 20.3 Å². The molecule has 2 aromatic rings. The van der Waals surface area contributed by atoms with E-state index in [1.165, 1.54) is 0 Å². The van der Waals surface area contributed by atoms with Gasteiger partial charge in [0.1, 0.15) is 18.2 Å². The van der Waals surface area contributed by atoms with E-state index in [1.807, 2.05) is 55.5 Å². The number of hydrogen-bond acceptors (Lipinski definition) is 4. The van der Waals surface area contributed by atoms with Crippen LogP contribution in [0.4, 0.5) is 10.5 Å². The van der Waals surface area contributed by atoms with E-state index in [0.29, 0.717) is 5.69 Å². The van der Waals surface area contributed by atoms with Crippen molar-refractivity contribution in [2.24, 2.45) is 5.92 Å². The molecular weight excluding hydrogens is 442 g/mol. The molecule has 0 aliphatic heterocycles. The van der Waals surface area contributed by atoms with Crippen LogP contribution in [0.5, 0.6) is 0 Å². The molecular formula is C28H37N3O4. The van der Waals surface area contributed by atoms with Crippen molar-refractivity contribution in [1.29, 1.82) is 0 Å². The van der Waals surface area contributed by atoms with Crippen LogP contribution in [0.15, 0.2) is 48.5 Å². The number of carbonyl (C=O) groups excluding carboxylic acids is 3. The van der Waals surface area contributed by atoms with Crippen molar-refractivity contribution in [3.05, 3.63) is 65.2 Å². The molecule has 2 aromatic carbocycles. The molecule has 0 aromatic heterocycles. The van der Waals surface area contributed by atoms with Crippen LogP contribution in [0.25, 0.3) is 0 Å². The van der Waals surface area contributed by atoms with Gasteiger partial charge in [-0.25, -0.2) is 4.79 Å². The number of aryl methyl sites for hydroxylation is 2. The Labute approximate surface area is 208 Å². The van der Waals surface area contributed by atoms with Gasteiger partial charge in [0.15, 0.2) is 0 Å². The summed E-state index contributed by atoms with van der Waals surface area (Å²) in [5.41, 5.74) is 2.85. The minimum Gasteiger partial charge on any atom is -0.444 e. The summed E-state index contributed by atoms with van der Waals surface area (Å²) >= 11 is 0. The van der Waals surface area contributed by atoms with Crippen LogP contribution >= 0.6 is 0 Å². The van der Waals surface area contributed by atoms with E-state index >= 15 is 0 Å². The lowest BCUT2D eigenvalue weighted by atomic mass is 10.0. The molecule has 0 heterocycles. The molecule has 3 atom stereocenters. The van der Waals surface area contributed by atoms with Crippen molar-refractivity contribution >= 4 is 23.6 Å². The molecule has 188 valence electrons. The molecule has 1 fully saturated rings. The van der Waals surface area contributed by atoms with Gasteiger partial charge in [0, 0.05) is 11.7 Å². The number of benzene rings is 2. The smallest absolute Gasteiger partial charge is 0.408 e. The molecule has 0 radical (unpaired) electrons. The Hall–Kier alpha value is -3.35. The summed E-state index contributed by atoms with van der Waals surface area (Å²) < 4.78 is 5.28. The lowest BCUT2D eigenvalue weighted by molar-refractivity contribution is -0.139. The van der Waals surface area contributed by atoms with Crippen molar-refractivity contribution in [3.63, 3.8) is 0 Å². The number of amides is 3. The summed E-state index contributed by atoms with van der Waals surface area (Å²) in [6.07, 6.45) is 1.02. The molecule has 1 aliphatic carbocycles. The van der Waals surface area contributed by atoms with Gasteiger partial charge >= 0.3 is 6.09 Å². The molecule has 3 rings (SSSR count). The largest absolute Gasteiger partial charge is 0.444 e. The zero-order chi connectivity index (χ0) is 25.8. The second kappa shape index (κ2) is 10.9. The highest BCUT2D eigenvalue weighted by atomic mass is 16.6. The minimum absolute atomic E-state index is 0.0820. The molecule has 0 bridgehead atoms. The van der Waals surface area contributed by atoms with Gasteiger partial charge in [0.05, 0.1) is 0 Å². The molecule has 0 spiro atoms. The maximum Gasteiger partial charge on any atom is 0.408 e. The average Bonchev–Trinajstić information content (AvgIpc) is 3.51. The number of nitrogens with one attached hydrogen (secondary N) is 2. The first-order valence-corrected chi connectivity index (χ1v) is 12.2. The van der Waals surface area contributed by atoms with Crippen LogP contribution in [0.3, 0.4) is 0 Å². The minimum atomic E-state index is -0.830. The van der Waals surface area contributed by atoms with Gasteiger partial charge in [-0.1, -0.05) is 56.3 Å². The van der Waals surface area contributed by atoms with E-state index in [1.54, 1.807) is 25.7 Å². The number of hydrogen-bond donors (Lipinski definition) is 2.